The lowest BCUT2D eigenvalue weighted by Crippen LogP contribution is -2.27. The van der Waals surface area contributed by atoms with Gasteiger partial charge in [-0.2, -0.15) is 0 Å². The van der Waals surface area contributed by atoms with E-state index in [2.05, 4.69) is 47.0 Å². The van der Waals surface area contributed by atoms with E-state index in [1.807, 2.05) is 24.3 Å². The molecule has 120 valence electrons. The molecule has 0 amide bonds. The van der Waals surface area contributed by atoms with E-state index >= 15 is 0 Å². The van der Waals surface area contributed by atoms with Gasteiger partial charge in [-0.3, -0.25) is 0 Å². The molecule has 0 bridgehead atoms. The van der Waals surface area contributed by atoms with Crippen LogP contribution in [0.3, 0.4) is 0 Å². The Hall–Kier alpha value is -2.79. The Bertz CT molecular complexity index is 906. The molecular weight excluding hydrogens is 320 g/mol. The van der Waals surface area contributed by atoms with Crippen molar-refractivity contribution >= 4 is 33.8 Å². The lowest BCUT2D eigenvalue weighted by atomic mass is 10.0. The van der Waals surface area contributed by atoms with Crippen LogP contribution in [0.2, 0.25) is 0 Å². The smallest absolute Gasteiger partial charge is 0.231 e. The maximum Gasteiger partial charge on any atom is 0.231 e. The fraction of sp³-hybridized carbons (Fsp3) is 0.105. The molecule has 4 nitrogen and oxygen atoms in total. The Balaban J connectivity index is 1.43. The van der Waals surface area contributed by atoms with Gasteiger partial charge in [0, 0.05) is 18.3 Å². The number of hydrogen-bond donors (Lipinski definition) is 2. The molecule has 0 saturated carbocycles. The fourth-order valence-corrected chi connectivity index (χ4v) is 2.96. The van der Waals surface area contributed by atoms with Gasteiger partial charge in [0.2, 0.25) is 6.79 Å². The summed E-state index contributed by atoms with van der Waals surface area (Å²) in [6.45, 7) is 0.931. The molecule has 0 unspecified atom stereocenters. The molecule has 0 atom stereocenters. The van der Waals surface area contributed by atoms with Gasteiger partial charge < -0.3 is 20.1 Å². The van der Waals surface area contributed by atoms with Gasteiger partial charge in [0.1, 0.15) is 0 Å². The van der Waals surface area contributed by atoms with Crippen LogP contribution < -0.4 is 20.1 Å². The maximum atomic E-state index is 5.39. The van der Waals surface area contributed by atoms with Gasteiger partial charge >= 0.3 is 0 Å². The summed E-state index contributed by atoms with van der Waals surface area (Å²) in [5, 5.41) is 9.46. The normalized spacial score (nSPS) is 12.2. The van der Waals surface area contributed by atoms with Crippen molar-refractivity contribution in [3.63, 3.8) is 0 Å². The number of benzene rings is 3. The first-order chi connectivity index (χ1) is 11.8. The van der Waals surface area contributed by atoms with E-state index in [4.69, 9.17) is 21.7 Å². The van der Waals surface area contributed by atoms with Crippen molar-refractivity contribution < 1.29 is 9.47 Å². The summed E-state index contributed by atoms with van der Waals surface area (Å²) in [6, 6.07) is 20.3. The first kappa shape index (κ1) is 14.8. The largest absolute Gasteiger partial charge is 0.454 e. The van der Waals surface area contributed by atoms with Gasteiger partial charge in [-0.05, 0) is 40.7 Å². The number of hydrogen-bond acceptors (Lipinski definition) is 3. The van der Waals surface area contributed by atoms with Crippen molar-refractivity contribution in [3.8, 4) is 11.5 Å². The first-order valence-corrected chi connectivity index (χ1v) is 8.11. The summed E-state index contributed by atoms with van der Waals surface area (Å²) in [7, 11) is 0. The van der Waals surface area contributed by atoms with Gasteiger partial charge in [0.15, 0.2) is 16.6 Å². The highest BCUT2D eigenvalue weighted by molar-refractivity contribution is 7.80. The minimum Gasteiger partial charge on any atom is -0.454 e. The highest BCUT2D eigenvalue weighted by Crippen LogP contribution is 2.34. The summed E-state index contributed by atoms with van der Waals surface area (Å²) >= 11 is 5.39. The van der Waals surface area contributed by atoms with Gasteiger partial charge in [0.25, 0.3) is 0 Å². The molecule has 2 N–H and O–H groups in total. The first-order valence-electron chi connectivity index (χ1n) is 7.71. The van der Waals surface area contributed by atoms with Crippen LogP contribution in [-0.4, -0.2) is 11.9 Å². The Morgan fingerprint density at radius 1 is 0.958 bits per heavy atom. The number of nitrogens with one attached hydrogen (secondary N) is 2. The highest BCUT2D eigenvalue weighted by Gasteiger charge is 2.13. The molecule has 0 aliphatic carbocycles. The van der Waals surface area contributed by atoms with Crippen LogP contribution in [0.15, 0.2) is 60.7 Å². The average Bonchev–Trinajstić information content (AvgIpc) is 3.07. The summed E-state index contributed by atoms with van der Waals surface area (Å²) in [6.07, 6.45) is 0. The molecule has 0 spiro atoms. The second-order valence-electron chi connectivity index (χ2n) is 5.51. The van der Waals surface area contributed by atoms with E-state index in [9.17, 15) is 0 Å². The van der Waals surface area contributed by atoms with Gasteiger partial charge in [-0.25, -0.2) is 0 Å². The van der Waals surface area contributed by atoms with Gasteiger partial charge in [-0.15, -0.1) is 0 Å². The monoisotopic (exact) mass is 336 g/mol. The van der Waals surface area contributed by atoms with E-state index in [1.54, 1.807) is 0 Å². The zero-order valence-electron chi connectivity index (χ0n) is 12.9. The van der Waals surface area contributed by atoms with Gasteiger partial charge in [0.05, 0.1) is 0 Å². The van der Waals surface area contributed by atoms with Crippen molar-refractivity contribution in [2.24, 2.45) is 0 Å². The predicted octanol–water partition coefficient (Wildman–Crippen LogP) is 4.06. The molecule has 0 saturated heterocycles. The molecule has 1 heterocycles. The molecule has 1 aliphatic heterocycles. The van der Waals surface area contributed by atoms with Crippen LogP contribution in [0.5, 0.6) is 11.5 Å². The second-order valence-corrected chi connectivity index (χ2v) is 5.92. The summed E-state index contributed by atoms with van der Waals surface area (Å²) < 4.78 is 10.7. The number of fused-ring (bicyclic) bond motifs is 2. The average molecular weight is 336 g/mol. The molecule has 5 heteroatoms. The minimum atomic E-state index is 0.266. The van der Waals surface area contributed by atoms with Crippen LogP contribution in [-0.2, 0) is 6.54 Å². The lowest BCUT2D eigenvalue weighted by molar-refractivity contribution is 0.174. The van der Waals surface area contributed by atoms with Crippen molar-refractivity contribution in [2.75, 3.05) is 12.1 Å². The van der Waals surface area contributed by atoms with E-state index in [-0.39, 0.29) is 6.79 Å². The number of rotatable bonds is 3. The van der Waals surface area contributed by atoms with Crippen LogP contribution in [0.25, 0.3) is 10.8 Å². The fourth-order valence-electron chi connectivity index (χ4n) is 2.77. The third-order valence-corrected chi connectivity index (χ3v) is 4.20. The number of anilines is 1. The van der Waals surface area contributed by atoms with Crippen molar-refractivity contribution in [1.82, 2.24) is 5.32 Å². The van der Waals surface area contributed by atoms with E-state index < -0.39 is 0 Å². The summed E-state index contributed by atoms with van der Waals surface area (Å²) in [5.41, 5.74) is 2.08. The zero-order chi connectivity index (χ0) is 16.4. The van der Waals surface area contributed by atoms with Crippen molar-refractivity contribution in [3.05, 3.63) is 66.2 Å². The van der Waals surface area contributed by atoms with Crippen molar-refractivity contribution in [1.29, 1.82) is 0 Å². The van der Waals surface area contributed by atoms with E-state index in [0.717, 1.165) is 17.2 Å². The molecule has 1 aliphatic rings. The highest BCUT2D eigenvalue weighted by atomic mass is 32.1. The molecule has 24 heavy (non-hydrogen) atoms. The minimum absolute atomic E-state index is 0.266. The lowest BCUT2D eigenvalue weighted by Gasteiger charge is -2.12. The van der Waals surface area contributed by atoms with Crippen LogP contribution in [0, 0.1) is 0 Å². The molecule has 0 fully saturated rings. The molecule has 0 radical (unpaired) electrons. The summed E-state index contributed by atoms with van der Waals surface area (Å²) in [5.74, 6) is 1.49. The zero-order valence-corrected chi connectivity index (χ0v) is 13.7. The van der Waals surface area contributed by atoms with E-state index in [1.165, 1.54) is 16.3 Å². The predicted molar refractivity (Wildman–Crippen MR) is 99.6 cm³/mol. The Morgan fingerprint density at radius 3 is 2.75 bits per heavy atom. The SMILES string of the molecule is S=C(NCc1cccc2ccccc12)Nc1ccc2c(c1)OCO2. The third-order valence-electron chi connectivity index (χ3n) is 3.95. The Labute approximate surface area is 145 Å². The molecular formula is C19H16N2O2S. The van der Waals surface area contributed by atoms with Crippen LogP contribution in [0.1, 0.15) is 5.56 Å². The third kappa shape index (κ3) is 2.98. The Morgan fingerprint density at radius 2 is 1.79 bits per heavy atom. The molecule has 3 aromatic carbocycles. The quantitative estimate of drug-likeness (QED) is 0.706. The van der Waals surface area contributed by atoms with Crippen molar-refractivity contribution in [2.45, 2.75) is 6.54 Å². The van der Waals surface area contributed by atoms with Crippen LogP contribution >= 0.6 is 12.2 Å². The maximum absolute atomic E-state index is 5.39. The number of ether oxygens (including phenoxy) is 2. The van der Waals surface area contributed by atoms with Gasteiger partial charge in [-0.1, -0.05) is 42.5 Å². The standard InChI is InChI=1S/C19H16N2O2S/c24-19(21-15-8-9-17-18(10-15)23-12-22-17)20-11-14-6-3-5-13-4-1-2-7-16(13)14/h1-10H,11-12H2,(H2,20,21,24). The molecule has 3 aromatic rings. The summed E-state index contributed by atoms with van der Waals surface area (Å²) in [4.78, 5) is 0. The molecule has 0 aromatic heterocycles. The molecule has 4 rings (SSSR count). The van der Waals surface area contributed by atoms with Crippen LogP contribution in [0.4, 0.5) is 5.69 Å². The number of thiocarbonyl (C=S) groups is 1. The topological polar surface area (TPSA) is 42.5 Å². The second kappa shape index (κ2) is 6.37. The van der Waals surface area contributed by atoms with E-state index in [0.29, 0.717) is 11.7 Å². The Kier molecular flexibility index (Phi) is 3.92.